The van der Waals surface area contributed by atoms with Crippen molar-refractivity contribution in [1.29, 1.82) is 0 Å². The monoisotopic (exact) mass is 380 g/mol. The van der Waals surface area contributed by atoms with Crippen LogP contribution in [0.25, 0.3) is 16.8 Å². The van der Waals surface area contributed by atoms with Crippen molar-refractivity contribution < 1.29 is 4.79 Å². The van der Waals surface area contributed by atoms with E-state index in [2.05, 4.69) is 15.4 Å². The summed E-state index contributed by atoms with van der Waals surface area (Å²) in [6, 6.07) is 17.0. The van der Waals surface area contributed by atoms with Gasteiger partial charge >= 0.3 is 0 Å². The van der Waals surface area contributed by atoms with E-state index < -0.39 is 0 Å². The molecule has 0 aliphatic carbocycles. The van der Waals surface area contributed by atoms with Gasteiger partial charge in [-0.05, 0) is 35.2 Å². The fourth-order valence-electron chi connectivity index (χ4n) is 2.65. The highest BCUT2D eigenvalue weighted by atomic mass is 35.5. The maximum atomic E-state index is 12.9. The summed E-state index contributed by atoms with van der Waals surface area (Å²) in [5.41, 5.74) is 3.16. The maximum absolute atomic E-state index is 12.9. The average Bonchev–Trinajstić information content (AvgIpc) is 3.34. The number of nitrogens with one attached hydrogen (secondary N) is 1. The Hall–Kier alpha value is -2.96. The highest BCUT2D eigenvalue weighted by molar-refractivity contribution is 7.12. The van der Waals surface area contributed by atoms with Gasteiger partial charge in [0.15, 0.2) is 0 Å². The number of hydrogen-bond acceptors (Lipinski definition) is 4. The smallest absolute Gasteiger partial charge is 0.266 e. The standard InChI is InChI=1S/C19H13ClN4OS/c20-14-6-7-17(24-12-21-11-22-24)16(10-14)23-19(25)18-15(8-9-26-18)13-4-2-1-3-5-13/h1-12H,(H,23,25). The predicted molar refractivity (Wildman–Crippen MR) is 104 cm³/mol. The van der Waals surface area contributed by atoms with E-state index in [1.54, 1.807) is 29.2 Å². The Kier molecular flexibility index (Phi) is 4.51. The van der Waals surface area contributed by atoms with E-state index in [4.69, 9.17) is 11.6 Å². The second-order valence-electron chi connectivity index (χ2n) is 5.49. The molecule has 5 nitrogen and oxygen atoms in total. The Balaban J connectivity index is 1.69. The number of thiophene rings is 1. The molecule has 0 spiro atoms. The number of nitrogens with zero attached hydrogens (tertiary/aromatic N) is 3. The molecule has 0 atom stereocenters. The lowest BCUT2D eigenvalue weighted by atomic mass is 10.1. The van der Waals surface area contributed by atoms with Gasteiger partial charge in [0.2, 0.25) is 0 Å². The Morgan fingerprint density at radius 3 is 2.73 bits per heavy atom. The second kappa shape index (κ2) is 7.11. The summed E-state index contributed by atoms with van der Waals surface area (Å²) in [6.07, 6.45) is 3.01. The fraction of sp³-hybridized carbons (Fsp3) is 0. The molecule has 0 aliphatic rings. The highest BCUT2D eigenvalue weighted by Gasteiger charge is 2.17. The van der Waals surface area contributed by atoms with Gasteiger partial charge in [-0.3, -0.25) is 4.79 Å². The lowest BCUT2D eigenvalue weighted by Crippen LogP contribution is -2.13. The summed E-state index contributed by atoms with van der Waals surface area (Å²) >= 11 is 7.52. The molecule has 1 N–H and O–H groups in total. The van der Waals surface area contributed by atoms with Gasteiger partial charge < -0.3 is 5.32 Å². The Bertz CT molecular complexity index is 1040. The van der Waals surface area contributed by atoms with Gasteiger partial charge in [0.1, 0.15) is 12.7 Å². The molecule has 4 rings (SSSR count). The van der Waals surface area contributed by atoms with Gasteiger partial charge in [0.25, 0.3) is 5.91 Å². The quantitative estimate of drug-likeness (QED) is 0.547. The summed E-state index contributed by atoms with van der Waals surface area (Å²) in [6.45, 7) is 0. The molecule has 0 aliphatic heterocycles. The molecule has 128 valence electrons. The van der Waals surface area contributed by atoms with E-state index >= 15 is 0 Å². The third-order valence-corrected chi connectivity index (χ3v) is 4.98. The average molecular weight is 381 g/mol. The number of halogens is 1. The summed E-state index contributed by atoms with van der Waals surface area (Å²) in [5, 5.41) is 9.51. The van der Waals surface area contributed by atoms with E-state index in [0.29, 0.717) is 21.3 Å². The van der Waals surface area contributed by atoms with Crippen LogP contribution in [0, 0.1) is 0 Å². The molecule has 0 radical (unpaired) electrons. The Morgan fingerprint density at radius 1 is 1.12 bits per heavy atom. The van der Waals surface area contributed by atoms with Crippen molar-refractivity contribution in [2.45, 2.75) is 0 Å². The molecule has 2 aromatic carbocycles. The molecule has 0 bridgehead atoms. The van der Waals surface area contributed by atoms with Crippen molar-refractivity contribution in [2.75, 3.05) is 5.32 Å². The minimum Gasteiger partial charge on any atom is -0.319 e. The van der Waals surface area contributed by atoms with Gasteiger partial charge in [-0.25, -0.2) is 9.67 Å². The normalized spacial score (nSPS) is 10.7. The van der Waals surface area contributed by atoms with Gasteiger partial charge in [0.05, 0.1) is 16.3 Å². The molecule has 26 heavy (non-hydrogen) atoms. The highest BCUT2D eigenvalue weighted by Crippen LogP contribution is 2.30. The van der Waals surface area contributed by atoms with E-state index in [1.807, 2.05) is 41.8 Å². The largest absolute Gasteiger partial charge is 0.319 e. The molecule has 4 aromatic rings. The molecule has 7 heteroatoms. The fourth-order valence-corrected chi connectivity index (χ4v) is 3.63. The number of aromatic nitrogens is 3. The number of hydrogen-bond donors (Lipinski definition) is 1. The molecule has 0 saturated heterocycles. The zero-order chi connectivity index (χ0) is 17.9. The first kappa shape index (κ1) is 16.5. The summed E-state index contributed by atoms with van der Waals surface area (Å²) in [5.74, 6) is -0.192. The van der Waals surface area contributed by atoms with Crippen molar-refractivity contribution in [3.63, 3.8) is 0 Å². The molecular formula is C19H13ClN4OS. The van der Waals surface area contributed by atoms with Gasteiger partial charge in [0, 0.05) is 10.6 Å². The minimum atomic E-state index is -0.192. The van der Waals surface area contributed by atoms with Crippen LogP contribution >= 0.6 is 22.9 Å². The van der Waals surface area contributed by atoms with Crippen molar-refractivity contribution in [1.82, 2.24) is 14.8 Å². The third kappa shape index (κ3) is 3.24. The van der Waals surface area contributed by atoms with Crippen molar-refractivity contribution in [3.8, 4) is 16.8 Å². The van der Waals surface area contributed by atoms with Crippen LogP contribution in [0.15, 0.2) is 72.6 Å². The van der Waals surface area contributed by atoms with Crippen molar-refractivity contribution in [2.24, 2.45) is 0 Å². The molecule has 0 saturated carbocycles. The van der Waals surface area contributed by atoms with Crippen LogP contribution in [0.5, 0.6) is 0 Å². The van der Waals surface area contributed by atoms with Crippen LogP contribution < -0.4 is 5.32 Å². The van der Waals surface area contributed by atoms with Crippen LogP contribution in [-0.2, 0) is 0 Å². The summed E-state index contributed by atoms with van der Waals surface area (Å²) in [4.78, 5) is 17.5. The van der Waals surface area contributed by atoms with E-state index in [-0.39, 0.29) is 5.91 Å². The molecule has 1 amide bonds. The molecule has 2 heterocycles. The zero-order valence-electron chi connectivity index (χ0n) is 13.5. The number of benzene rings is 2. The van der Waals surface area contributed by atoms with Gasteiger partial charge in [-0.2, -0.15) is 5.10 Å². The number of amides is 1. The number of carbonyl (C=O) groups is 1. The van der Waals surface area contributed by atoms with Crippen LogP contribution in [0.3, 0.4) is 0 Å². The van der Waals surface area contributed by atoms with E-state index in [9.17, 15) is 4.79 Å². The topological polar surface area (TPSA) is 59.8 Å². The lowest BCUT2D eigenvalue weighted by molar-refractivity contribution is 0.103. The Morgan fingerprint density at radius 2 is 1.96 bits per heavy atom. The van der Waals surface area contributed by atoms with Crippen LogP contribution in [0.4, 0.5) is 5.69 Å². The van der Waals surface area contributed by atoms with E-state index in [1.165, 1.54) is 17.7 Å². The molecule has 0 unspecified atom stereocenters. The van der Waals surface area contributed by atoms with Crippen LogP contribution in [0.1, 0.15) is 9.67 Å². The number of carbonyl (C=O) groups excluding carboxylic acids is 1. The minimum absolute atomic E-state index is 0.192. The van der Waals surface area contributed by atoms with Crippen LogP contribution in [0.2, 0.25) is 5.02 Å². The molecule has 2 aromatic heterocycles. The summed E-state index contributed by atoms with van der Waals surface area (Å²) < 4.78 is 1.58. The Labute approximate surface area is 158 Å². The SMILES string of the molecule is O=C(Nc1cc(Cl)ccc1-n1cncn1)c1sccc1-c1ccccc1. The number of rotatable bonds is 4. The van der Waals surface area contributed by atoms with Crippen LogP contribution in [-0.4, -0.2) is 20.7 Å². The van der Waals surface area contributed by atoms with Gasteiger partial charge in [-0.1, -0.05) is 41.9 Å². The lowest BCUT2D eigenvalue weighted by Gasteiger charge is -2.11. The number of anilines is 1. The maximum Gasteiger partial charge on any atom is 0.266 e. The predicted octanol–water partition coefficient (Wildman–Crippen LogP) is 4.90. The first-order chi connectivity index (χ1) is 12.7. The van der Waals surface area contributed by atoms with Crippen molar-refractivity contribution in [3.05, 3.63) is 82.5 Å². The summed E-state index contributed by atoms with van der Waals surface area (Å²) in [7, 11) is 0. The molecule has 0 fully saturated rings. The third-order valence-electron chi connectivity index (χ3n) is 3.83. The van der Waals surface area contributed by atoms with E-state index in [0.717, 1.165) is 11.1 Å². The van der Waals surface area contributed by atoms with Gasteiger partial charge in [-0.15, -0.1) is 11.3 Å². The first-order valence-corrected chi connectivity index (χ1v) is 9.07. The molecular weight excluding hydrogens is 368 g/mol. The second-order valence-corrected chi connectivity index (χ2v) is 6.84. The first-order valence-electron chi connectivity index (χ1n) is 7.81. The van der Waals surface area contributed by atoms with Crippen molar-refractivity contribution >= 4 is 34.5 Å². The zero-order valence-corrected chi connectivity index (χ0v) is 15.0.